The number of amides is 1. The molecule has 0 aliphatic heterocycles. The Hall–Kier alpha value is -3.35. The van der Waals surface area contributed by atoms with Crippen molar-refractivity contribution in [3.63, 3.8) is 0 Å². The van der Waals surface area contributed by atoms with Crippen LogP contribution >= 0.6 is 0 Å². The van der Waals surface area contributed by atoms with Gasteiger partial charge in [0.25, 0.3) is 0 Å². The van der Waals surface area contributed by atoms with E-state index in [0.717, 1.165) is 11.1 Å². The molecule has 7 heteroatoms. The molecule has 3 aromatic rings. The van der Waals surface area contributed by atoms with E-state index in [1.54, 1.807) is 42.9 Å². The van der Waals surface area contributed by atoms with Gasteiger partial charge in [-0.25, -0.2) is 14.0 Å². The standard InChI is InChI=1S/C21H21FN2O4/c1-13(17-11-24(2)18-9-8-15(22)10-16(17)18)19(20(25)26)23-21(27)28-12-14-6-4-3-5-7-14/h3-11,13,19H,12H2,1-2H3,(H,23,27)(H,25,26)/t13-,19-/m1/s1. The smallest absolute Gasteiger partial charge is 0.408 e. The fourth-order valence-corrected chi connectivity index (χ4v) is 3.23. The lowest BCUT2D eigenvalue weighted by atomic mass is 9.93. The van der Waals surface area contributed by atoms with E-state index >= 15 is 0 Å². The number of hydrogen-bond donors (Lipinski definition) is 2. The minimum Gasteiger partial charge on any atom is -0.480 e. The lowest BCUT2D eigenvalue weighted by molar-refractivity contribution is -0.139. The van der Waals surface area contributed by atoms with Crippen molar-refractivity contribution in [1.82, 2.24) is 9.88 Å². The van der Waals surface area contributed by atoms with E-state index in [2.05, 4.69) is 5.32 Å². The zero-order valence-corrected chi connectivity index (χ0v) is 15.6. The second-order valence-corrected chi connectivity index (χ2v) is 6.67. The van der Waals surface area contributed by atoms with Crippen LogP contribution in [-0.4, -0.2) is 27.8 Å². The highest BCUT2D eigenvalue weighted by Gasteiger charge is 2.30. The molecule has 0 radical (unpaired) electrons. The molecule has 1 amide bonds. The number of carboxylic acid groups (broad SMARTS) is 1. The summed E-state index contributed by atoms with van der Waals surface area (Å²) in [5.74, 6) is -2.21. The molecule has 0 fully saturated rings. The summed E-state index contributed by atoms with van der Waals surface area (Å²) in [5, 5.41) is 12.6. The van der Waals surface area contributed by atoms with Crippen LogP contribution in [-0.2, 0) is 23.2 Å². The van der Waals surface area contributed by atoms with Gasteiger partial charge in [0.05, 0.1) is 0 Å². The molecule has 3 rings (SSSR count). The van der Waals surface area contributed by atoms with E-state index < -0.39 is 29.8 Å². The zero-order valence-electron chi connectivity index (χ0n) is 15.6. The minimum absolute atomic E-state index is 0.0346. The van der Waals surface area contributed by atoms with E-state index in [-0.39, 0.29) is 6.61 Å². The van der Waals surface area contributed by atoms with E-state index in [0.29, 0.717) is 10.9 Å². The second kappa shape index (κ2) is 8.12. The SMILES string of the molecule is C[C@H](c1cn(C)c2ccc(F)cc12)[C@@H](NC(=O)OCc1ccccc1)C(=O)O. The van der Waals surface area contributed by atoms with Gasteiger partial charge in [0, 0.05) is 30.1 Å². The number of halogens is 1. The van der Waals surface area contributed by atoms with Crippen molar-refractivity contribution in [3.05, 3.63) is 71.7 Å². The molecule has 0 saturated carbocycles. The van der Waals surface area contributed by atoms with Crippen molar-refractivity contribution in [2.45, 2.75) is 25.5 Å². The number of carbonyl (C=O) groups is 2. The number of hydrogen-bond acceptors (Lipinski definition) is 3. The Labute approximate surface area is 161 Å². The maximum absolute atomic E-state index is 13.7. The lowest BCUT2D eigenvalue weighted by Gasteiger charge is -2.21. The molecule has 2 atom stereocenters. The normalized spacial score (nSPS) is 13.1. The first-order chi connectivity index (χ1) is 13.4. The third-order valence-corrected chi connectivity index (χ3v) is 4.73. The molecule has 1 heterocycles. The van der Waals surface area contributed by atoms with Gasteiger partial charge in [0.1, 0.15) is 18.5 Å². The van der Waals surface area contributed by atoms with Crippen LogP contribution < -0.4 is 5.32 Å². The van der Waals surface area contributed by atoms with Gasteiger partial charge in [-0.1, -0.05) is 37.3 Å². The van der Waals surface area contributed by atoms with Gasteiger partial charge >= 0.3 is 12.1 Å². The van der Waals surface area contributed by atoms with Crippen LogP contribution in [0.1, 0.15) is 24.0 Å². The fraction of sp³-hybridized carbons (Fsp3) is 0.238. The Morgan fingerprint density at radius 1 is 1.21 bits per heavy atom. The average Bonchev–Trinajstić information content (AvgIpc) is 3.00. The molecule has 0 spiro atoms. The monoisotopic (exact) mass is 384 g/mol. The molecule has 2 aromatic carbocycles. The van der Waals surface area contributed by atoms with Gasteiger partial charge in [0.2, 0.25) is 0 Å². The van der Waals surface area contributed by atoms with E-state index in [1.165, 1.54) is 12.1 Å². The van der Waals surface area contributed by atoms with Gasteiger partial charge in [-0.15, -0.1) is 0 Å². The topological polar surface area (TPSA) is 80.6 Å². The lowest BCUT2D eigenvalue weighted by Crippen LogP contribution is -2.44. The summed E-state index contributed by atoms with van der Waals surface area (Å²) in [7, 11) is 1.80. The predicted molar refractivity (Wildman–Crippen MR) is 102 cm³/mol. The molecule has 0 unspecified atom stereocenters. The quantitative estimate of drug-likeness (QED) is 0.677. The van der Waals surface area contributed by atoms with Crippen molar-refractivity contribution in [3.8, 4) is 0 Å². The van der Waals surface area contributed by atoms with E-state index in [4.69, 9.17) is 4.74 Å². The van der Waals surface area contributed by atoms with Gasteiger partial charge in [0.15, 0.2) is 0 Å². The number of aliphatic carboxylic acids is 1. The van der Waals surface area contributed by atoms with Crippen LogP contribution in [0, 0.1) is 5.82 Å². The number of nitrogens with one attached hydrogen (secondary N) is 1. The summed E-state index contributed by atoms with van der Waals surface area (Å²) in [6, 6.07) is 12.2. The molecule has 2 N–H and O–H groups in total. The zero-order chi connectivity index (χ0) is 20.3. The predicted octanol–water partition coefficient (Wildman–Crippen LogP) is 3.80. The molecule has 0 bridgehead atoms. The summed E-state index contributed by atoms with van der Waals surface area (Å²) < 4.78 is 20.6. The average molecular weight is 384 g/mol. The Morgan fingerprint density at radius 3 is 2.61 bits per heavy atom. The van der Waals surface area contributed by atoms with Crippen molar-refractivity contribution in [1.29, 1.82) is 0 Å². The van der Waals surface area contributed by atoms with Crippen molar-refractivity contribution >= 4 is 23.0 Å². The van der Waals surface area contributed by atoms with Gasteiger partial charge in [-0.2, -0.15) is 0 Å². The molecule has 0 saturated heterocycles. The molecule has 146 valence electrons. The number of aryl methyl sites for hydroxylation is 1. The van der Waals surface area contributed by atoms with Crippen molar-refractivity contribution in [2.75, 3.05) is 0 Å². The van der Waals surface area contributed by atoms with E-state index in [1.807, 2.05) is 18.2 Å². The first kappa shape index (κ1) is 19.4. The summed E-state index contributed by atoms with van der Waals surface area (Å²) in [4.78, 5) is 23.9. The number of carboxylic acids is 1. The highest BCUT2D eigenvalue weighted by molar-refractivity contribution is 5.87. The maximum Gasteiger partial charge on any atom is 0.408 e. The first-order valence-corrected chi connectivity index (χ1v) is 8.81. The third-order valence-electron chi connectivity index (χ3n) is 4.73. The number of alkyl carbamates (subject to hydrolysis) is 1. The van der Waals surface area contributed by atoms with Crippen LogP contribution in [0.2, 0.25) is 0 Å². The minimum atomic E-state index is -1.22. The Bertz CT molecular complexity index is 1000. The molecular formula is C21H21FN2O4. The molecule has 0 aliphatic carbocycles. The number of aromatic nitrogens is 1. The van der Waals surface area contributed by atoms with Crippen LogP contribution in [0.25, 0.3) is 10.9 Å². The Kier molecular flexibility index (Phi) is 5.63. The third kappa shape index (κ3) is 4.14. The second-order valence-electron chi connectivity index (χ2n) is 6.67. The van der Waals surface area contributed by atoms with Crippen LogP contribution in [0.15, 0.2) is 54.7 Å². The summed E-state index contributed by atoms with van der Waals surface area (Å²) in [6.45, 7) is 1.71. The highest BCUT2D eigenvalue weighted by Crippen LogP contribution is 2.30. The number of benzene rings is 2. The molecule has 6 nitrogen and oxygen atoms in total. The maximum atomic E-state index is 13.7. The summed E-state index contributed by atoms with van der Waals surface area (Å²) in [6.07, 6.45) is 0.927. The Balaban J connectivity index is 1.77. The van der Waals surface area contributed by atoms with Gasteiger partial charge < -0.3 is 19.7 Å². The fourth-order valence-electron chi connectivity index (χ4n) is 3.23. The first-order valence-electron chi connectivity index (χ1n) is 8.81. The molecule has 0 aliphatic rings. The highest BCUT2D eigenvalue weighted by atomic mass is 19.1. The van der Waals surface area contributed by atoms with Crippen LogP contribution in [0.5, 0.6) is 0 Å². The molecule has 1 aromatic heterocycles. The number of carbonyl (C=O) groups excluding carboxylic acids is 1. The number of ether oxygens (including phenoxy) is 1. The number of rotatable bonds is 6. The van der Waals surface area contributed by atoms with E-state index in [9.17, 15) is 19.1 Å². The molecular weight excluding hydrogens is 363 g/mol. The van der Waals surface area contributed by atoms with Crippen molar-refractivity contribution < 1.29 is 23.8 Å². The van der Waals surface area contributed by atoms with Crippen molar-refractivity contribution in [2.24, 2.45) is 7.05 Å². The Morgan fingerprint density at radius 2 is 1.93 bits per heavy atom. The molecule has 28 heavy (non-hydrogen) atoms. The van der Waals surface area contributed by atoms with Crippen LogP contribution in [0.4, 0.5) is 9.18 Å². The van der Waals surface area contributed by atoms with Gasteiger partial charge in [-0.3, -0.25) is 0 Å². The number of nitrogens with zero attached hydrogens (tertiary/aromatic N) is 1. The summed E-state index contributed by atoms with van der Waals surface area (Å²) >= 11 is 0. The van der Waals surface area contributed by atoms with Crippen LogP contribution in [0.3, 0.4) is 0 Å². The van der Waals surface area contributed by atoms with Gasteiger partial charge in [-0.05, 0) is 29.3 Å². The summed E-state index contributed by atoms with van der Waals surface area (Å²) in [5.41, 5.74) is 2.20. The largest absolute Gasteiger partial charge is 0.480 e. The number of fused-ring (bicyclic) bond motifs is 1.